The molecule has 0 radical (unpaired) electrons. The van der Waals surface area contributed by atoms with E-state index in [1.54, 1.807) is 19.2 Å². The summed E-state index contributed by atoms with van der Waals surface area (Å²) in [7, 11) is 1.72. The molecule has 0 bridgehead atoms. The largest absolute Gasteiger partial charge is 0.385 e. The van der Waals surface area contributed by atoms with Crippen molar-refractivity contribution < 1.29 is 9.53 Å². The van der Waals surface area contributed by atoms with Crippen molar-refractivity contribution in [2.24, 2.45) is 5.41 Å². The summed E-state index contributed by atoms with van der Waals surface area (Å²) in [5.41, 5.74) is 0.977. The number of thiol groups is 1. The number of carbonyl (C=O) groups is 1. The number of nitrogens with one attached hydrogen (secondary N) is 1. The van der Waals surface area contributed by atoms with Gasteiger partial charge in [0, 0.05) is 30.7 Å². The number of amides is 1. The van der Waals surface area contributed by atoms with Crippen molar-refractivity contribution in [3.63, 3.8) is 0 Å². The molecule has 0 saturated heterocycles. The predicted octanol–water partition coefficient (Wildman–Crippen LogP) is 2.52. The second kappa shape index (κ2) is 5.76. The average Bonchev–Trinajstić information content (AvgIpc) is 3.15. The Bertz CT molecular complexity index is 412. The minimum atomic E-state index is -0.00738. The lowest BCUT2D eigenvalue weighted by atomic mass is 10.0. The molecule has 0 spiro atoms. The Balaban J connectivity index is 1.83. The van der Waals surface area contributed by atoms with Crippen LogP contribution in [0, 0.1) is 5.41 Å². The first-order valence-corrected chi connectivity index (χ1v) is 6.66. The molecule has 0 unspecified atom stereocenters. The Kier molecular flexibility index (Phi) is 4.30. The van der Waals surface area contributed by atoms with E-state index in [0.717, 1.165) is 24.5 Å². The summed E-state index contributed by atoms with van der Waals surface area (Å²) in [6.07, 6.45) is 3.40. The number of methoxy groups -OCH3 is 1. The molecule has 18 heavy (non-hydrogen) atoms. The van der Waals surface area contributed by atoms with Crippen LogP contribution in [0.2, 0.25) is 0 Å². The lowest BCUT2D eigenvalue weighted by Gasteiger charge is -2.15. The summed E-state index contributed by atoms with van der Waals surface area (Å²) in [5.74, 6) is -0.00738. The molecule has 1 N–H and O–H groups in total. The first-order chi connectivity index (χ1) is 8.65. The van der Waals surface area contributed by atoms with Crippen molar-refractivity contribution in [2.45, 2.75) is 24.2 Å². The van der Waals surface area contributed by atoms with Gasteiger partial charge in [0.05, 0.1) is 0 Å². The lowest BCUT2D eigenvalue weighted by Crippen LogP contribution is -2.30. The van der Waals surface area contributed by atoms with Crippen molar-refractivity contribution in [3.05, 3.63) is 29.8 Å². The smallest absolute Gasteiger partial charge is 0.251 e. The van der Waals surface area contributed by atoms with Gasteiger partial charge in [0.25, 0.3) is 5.91 Å². The van der Waals surface area contributed by atoms with Gasteiger partial charge in [0.2, 0.25) is 0 Å². The highest BCUT2D eigenvalue weighted by atomic mass is 32.1. The van der Waals surface area contributed by atoms with Crippen LogP contribution in [0.15, 0.2) is 29.2 Å². The molecule has 1 aliphatic rings. The Morgan fingerprint density at radius 3 is 2.61 bits per heavy atom. The molecule has 1 aliphatic carbocycles. The molecule has 0 atom stereocenters. The minimum Gasteiger partial charge on any atom is -0.385 e. The van der Waals surface area contributed by atoms with Gasteiger partial charge in [-0.1, -0.05) is 0 Å². The van der Waals surface area contributed by atoms with Gasteiger partial charge in [0.15, 0.2) is 0 Å². The number of hydrogen-bond donors (Lipinski definition) is 2. The molecule has 1 amide bonds. The van der Waals surface area contributed by atoms with Crippen LogP contribution in [-0.4, -0.2) is 26.2 Å². The number of benzene rings is 1. The van der Waals surface area contributed by atoms with Crippen LogP contribution in [0.1, 0.15) is 29.6 Å². The van der Waals surface area contributed by atoms with Gasteiger partial charge in [-0.05, 0) is 48.9 Å². The summed E-state index contributed by atoms with van der Waals surface area (Å²) >= 11 is 4.20. The molecule has 1 saturated carbocycles. The molecule has 4 heteroatoms. The van der Waals surface area contributed by atoms with Gasteiger partial charge in [0.1, 0.15) is 0 Å². The average molecular weight is 265 g/mol. The van der Waals surface area contributed by atoms with Crippen molar-refractivity contribution in [1.29, 1.82) is 0 Å². The zero-order chi connectivity index (χ0) is 13.0. The van der Waals surface area contributed by atoms with Gasteiger partial charge in [-0.2, -0.15) is 0 Å². The second-order valence-corrected chi connectivity index (χ2v) is 5.49. The molecular weight excluding hydrogens is 246 g/mol. The molecular formula is C14H19NO2S. The summed E-state index contributed by atoms with van der Waals surface area (Å²) < 4.78 is 5.10. The summed E-state index contributed by atoms with van der Waals surface area (Å²) in [5, 5.41) is 3.01. The molecule has 2 rings (SSSR count). The van der Waals surface area contributed by atoms with E-state index in [-0.39, 0.29) is 11.3 Å². The standard InChI is InChI=1S/C14H19NO2S/c1-17-9-8-14(6-7-14)10-15-13(16)11-2-4-12(18)5-3-11/h2-5,18H,6-10H2,1H3,(H,15,16). The highest BCUT2D eigenvalue weighted by Crippen LogP contribution is 2.48. The number of hydrogen-bond acceptors (Lipinski definition) is 3. The van der Waals surface area contributed by atoms with E-state index in [1.165, 1.54) is 12.8 Å². The van der Waals surface area contributed by atoms with Gasteiger partial charge in [-0.3, -0.25) is 4.79 Å². The molecule has 3 nitrogen and oxygen atoms in total. The maximum Gasteiger partial charge on any atom is 0.251 e. The summed E-state index contributed by atoms with van der Waals surface area (Å²) in [4.78, 5) is 12.8. The fourth-order valence-electron chi connectivity index (χ4n) is 1.99. The molecule has 0 heterocycles. The van der Waals surface area contributed by atoms with E-state index in [1.807, 2.05) is 12.1 Å². The maximum absolute atomic E-state index is 11.9. The lowest BCUT2D eigenvalue weighted by molar-refractivity contribution is 0.0938. The normalized spacial score (nSPS) is 16.3. The Morgan fingerprint density at radius 2 is 2.06 bits per heavy atom. The summed E-state index contributed by atoms with van der Waals surface area (Å²) in [6.45, 7) is 1.52. The zero-order valence-corrected chi connectivity index (χ0v) is 11.5. The van der Waals surface area contributed by atoms with E-state index in [9.17, 15) is 4.79 Å². The van der Waals surface area contributed by atoms with Crippen LogP contribution in [0.5, 0.6) is 0 Å². The quantitative estimate of drug-likeness (QED) is 0.776. The van der Waals surface area contributed by atoms with E-state index < -0.39 is 0 Å². The van der Waals surface area contributed by atoms with Crippen molar-refractivity contribution in [2.75, 3.05) is 20.3 Å². The monoisotopic (exact) mass is 265 g/mol. The molecule has 1 fully saturated rings. The highest BCUT2D eigenvalue weighted by molar-refractivity contribution is 7.80. The summed E-state index contributed by atoms with van der Waals surface area (Å²) in [6, 6.07) is 7.25. The van der Waals surface area contributed by atoms with Crippen LogP contribution in [0.4, 0.5) is 0 Å². The van der Waals surface area contributed by atoms with Crippen molar-refractivity contribution in [1.82, 2.24) is 5.32 Å². The van der Waals surface area contributed by atoms with E-state index in [0.29, 0.717) is 5.56 Å². The first kappa shape index (κ1) is 13.4. The predicted molar refractivity (Wildman–Crippen MR) is 74.2 cm³/mol. The van der Waals surface area contributed by atoms with Gasteiger partial charge in [-0.25, -0.2) is 0 Å². The van der Waals surface area contributed by atoms with Crippen LogP contribution < -0.4 is 5.32 Å². The molecule has 0 aliphatic heterocycles. The van der Waals surface area contributed by atoms with Crippen LogP contribution >= 0.6 is 12.6 Å². The Hall–Kier alpha value is -1.00. The fourth-order valence-corrected chi connectivity index (χ4v) is 2.14. The van der Waals surface area contributed by atoms with Crippen LogP contribution in [0.25, 0.3) is 0 Å². The van der Waals surface area contributed by atoms with Crippen LogP contribution in [-0.2, 0) is 4.74 Å². The van der Waals surface area contributed by atoms with Crippen molar-refractivity contribution >= 4 is 18.5 Å². The van der Waals surface area contributed by atoms with Crippen molar-refractivity contribution in [3.8, 4) is 0 Å². The third kappa shape index (κ3) is 3.50. The van der Waals surface area contributed by atoms with E-state index in [4.69, 9.17) is 4.74 Å². The number of carbonyl (C=O) groups excluding carboxylic acids is 1. The maximum atomic E-state index is 11.9. The third-order valence-corrected chi connectivity index (χ3v) is 3.85. The minimum absolute atomic E-state index is 0.00738. The third-order valence-electron chi connectivity index (χ3n) is 3.55. The van der Waals surface area contributed by atoms with E-state index >= 15 is 0 Å². The van der Waals surface area contributed by atoms with E-state index in [2.05, 4.69) is 17.9 Å². The Morgan fingerprint density at radius 1 is 1.39 bits per heavy atom. The van der Waals surface area contributed by atoms with Gasteiger partial charge < -0.3 is 10.1 Å². The Labute approximate surface area is 113 Å². The molecule has 1 aromatic rings. The molecule has 98 valence electrons. The molecule has 0 aromatic heterocycles. The van der Waals surface area contributed by atoms with Crippen LogP contribution in [0.3, 0.4) is 0 Å². The SMILES string of the molecule is COCCC1(CNC(=O)c2ccc(S)cc2)CC1. The topological polar surface area (TPSA) is 38.3 Å². The second-order valence-electron chi connectivity index (χ2n) is 4.97. The first-order valence-electron chi connectivity index (χ1n) is 6.21. The van der Waals surface area contributed by atoms with Gasteiger partial charge in [-0.15, -0.1) is 12.6 Å². The fraction of sp³-hybridized carbons (Fsp3) is 0.500. The zero-order valence-electron chi connectivity index (χ0n) is 10.6. The number of rotatable bonds is 6. The molecule has 1 aromatic carbocycles. The highest BCUT2D eigenvalue weighted by Gasteiger charge is 2.42. The number of ether oxygens (including phenoxy) is 1. The van der Waals surface area contributed by atoms with Gasteiger partial charge >= 0.3 is 0 Å².